The SMILES string of the molecule is CC(=O)O[C@]1(C)[C@@H](O)C(=O)[C@@H]2C(C)(C)CCC[C@]2(C)[C@@]12CC[C@@]1(C=COC1)O2. The lowest BCUT2D eigenvalue weighted by molar-refractivity contribution is -0.307. The van der Waals surface area contributed by atoms with Gasteiger partial charge in [-0.1, -0.05) is 27.2 Å². The second-order valence-corrected chi connectivity index (χ2v) is 10.3. The van der Waals surface area contributed by atoms with Gasteiger partial charge in [0.05, 0.1) is 6.26 Å². The molecule has 0 amide bonds. The molecule has 2 saturated carbocycles. The van der Waals surface area contributed by atoms with Gasteiger partial charge in [-0.25, -0.2) is 0 Å². The minimum Gasteiger partial charge on any atom is -0.498 e. The fourth-order valence-corrected chi connectivity index (χ4v) is 7.07. The molecule has 156 valence electrons. The zero-order valence-corrected chi connectivity index (χ0v) is 17.5. The molecule has 6 heteroatoms. The molecule has 4 rings (SSSR count). The van der Waals surface area contributed by atoms with Crippen LogP contribution in [0.25, 0.3) is 0 Å². The Labute approximate surface area is 166 Å². The Hall–Kier alpha value is -1.40. The van der Waals surface area contributed by atoms with Gasteiger partial charge in [0.15, 0.2) is 17.5 Å². The lowest BCUT2D eigenvalue weighted by Gasteiger charge is -2.66. The summed E-state index contributed by atoms with van der Waals surface area (Å²) in [5.74, 6) is -1.12. The molecule has 1 N–H and O–H groups in total. The average molecular weight is 392 g/mol. The summed E-state index contributed by atoms with van der Waals surface area (Å²) in [7, 11) is 0. The molecule has 2 aliphatic heterocycles. The molecule has 2 aliphatic carbocycles. The summed E-state index contributed by atoms with van der Waals surface area (Å²) in [5.41, 5.74) is -3.85. The number of hydrogen-bond acceptors (Lipinski definition) is 6. The highest BCUT2D eigenvalue weighted by molar-refractivity contribution is 5.90. The first-order valence-corrected chi connectivity index (χ1v) is 10.3. The molecule has 0 aromatic carbocycles. The lowest BCUT2D eigenvalue weighted by Crippen LogP contribution is -2.78. The highest BCUT2D eigenvalue weighted by Crippen LogP contribution is 2.68. The lowest BCUT2D eigenvalue weighted by atomic mass is 9.42. The van der Waals surface area contributed by atoms with Crippen molar-refractivity contribution in [3.63, 3.8) is 0 Å². The molecule has 1 saturated heterocycles. The number of ether oxygens (including phenoxy) is 3. The Kier molecular flexibility index (Phi) is 4.13. The first kappa shape index (κ1) is 19.9. The second-order valence-electron chi connectivity index (χ2n) is 10.3. The molecule has 0 radical (unpaired) electrons. The summed E-state index contributed by atoms with van der Waals surface area (Å²) in [5, 5.41) is 11.2. The fraction of sp³-hybridized carbons (Fsp3) is 0.818. The van der Waals surface area contributed by atoms with Crippen LogP contribution in [0.3, 0.4) is 0 Å². The van der Waals surface area contributed by atoms with Crippen molar-refractivity contribution in [2.24, 2.45) is 16.7 Å². The number of carbonyl (C=O) groups excluding carboxylic acids is 2. The standard InChI is InChI=1S/C22H32O6/c1-14(23)27-20(5)17(25)15(24)16-18(2,3)7-6-8-19(16,4)22(20)10-9-21(28-22)11-12-26-13-21/h11-12,16-17,25H,6-10,13H2,1-5H3/t16-,17+,19+,20-,21+,22+/m1/s1. The van der Waals surface area contributed by atoms with E-state index in [1.54, 1.807) is 13.2 Å². The number of esters is 1. The van der Waals surface area contributed by atoms with E-state index in [0.717, 1.165) is 19.3 Å². The molecular weight excluding hydrogens is 360 g/mol. The molecule has 3 fully saturated rings. The van der Waals surface area contributed by atoms with Crippen molar-refractivity contribution in [1.29, 1.82) is 0 Å². The second kappa shape index (κ2) is 5.82. The third-order valence-electron chi connectivity index (χ3n) is 8.17. The Morgan fingerprint density at radius 3 is 2.50 bits per heavy atom. The Bertz CT molecular complexity index is 743. The monoisotopic (exact) mass is 392 g/mol. The summed E-state index contributed by atoms with van der Waals surface area (Å²) in [4.78, 5) is 25.6. The summed E-state index contributed by atoms with van der Waals surface area (Å²) in [6.45, 7) is 9.70. The van der Waals surface area contributed by atoms with Gasteiger partial charge in [-0.05, 0) is 44.1 Å². The minimum absolute atomic E-state index is 0.232. The third-order valence-corrected chi connectivity index (χ3v) is 8.17. The van der Waals surface area contributed by atoms with Crippen LogP contribution in [0.2, 0.25) is 0 Å². The van der Waals surface area contributed by atoms with E-state index < -0.39 is 34.3 Å². The predicted molar refractivity (Wildman–Crippen MR) is 101 cm³/mol. The molecule has 4 aliphatic rings. The number of ketones is 1. The van der Waals surface area contributed by atoms with Crippen molar-refractivity contribution in [1.82, 2.24) is 0 Å². The highest BCUT2D eigenvalue weighted by atomic mass is 16.6. The maximum absolute atomic E-state index is 13.5. The van der Waals surface area contributed by atoms with Crippen LogP contribution in [0.15, 0.2) is 12.3 Å². The zero-order chi connectivity index (χ0) is 20.6. The van der Waals surface area contributed by atoms with E-state index in [2.05, 4.69) is 20.8 Å². The molecule has 28 heavy (non-hydrogen) atoms. The minimum atomic E-state index is -1.45. The van der Waals surface area contributed by atoms with Crippen LogP contribution >= 0.6 is 0 Å². The summed E-state index contributed by atoms with van der Waals surface area (Å²) in [6.07, 6.45) is 6.11. The van der Waals surface area contributed by atoms with Crippen LogP contribution in [0.5, 0.6) is 0 Å². The van der Waals surface area contributed by atoms with Gasteiger partial charge in [-0.2, -0.15) is 0 Å². The Morgan fingerprint density at radius 2 is 1.89 bits per heavy atom. The van der Waals surface area contributed by atoms with E-state index in [1.165, 1.54) is 6.92 Å². The van der Waals surface area contributed by atoms with Crippen LogP contribution in [-0.2, 0) is 23.8 Å². The van der Waals surface area contributed by atoms with Crippen molar-refractivity contribution in [3.8, 4) is 0 Å². The maximum Gasteiger partial charge on any atom is 0.303 e. The van der Waals surface area contributed by atoms with Gasteiger partial charge in [0.2, 0.25) is 0 Å². The summed E-state index contributed by atoms with van der Waals surface area (Å²) >= 11 is 0. The average Bonchev–Trinajstić information content (AvgIpc) is 3.20. The van der Waals surface area contributed by atoms with E-state index in [0.29, 0.717) is 19.4 Å². The topological polar surface area (TPSA) is 82.1 Å². The van der Waals surface area contributed by atoms with Gasteiger partial charge in [-0.3, -0.25) is 9.59 Å². The van der Waals surface area contributed by atoms with Gasteiger partial charge in [0, 0.05) is 18.3 Å². The largest absolute Gasteiger partial charge is 0.498 e. The van der Waals surface area contributed by atoms with Crippen LogP contribution in [0.4, 0.5) is 0 Å². The van der Waals surface area contributed by atoms with Gasteiger partial charge in [0.25, 0.3) is 0 Å². The van der Waals surface area contributed by atoms with Gasteiger partial charge < -0.3 is 19.3 Å². The van der Waals surface area contributed by atoms with E-state index in [1.807, 2.05) is 6.08 Å². The molecule has 2 spiro atoms. The first-order chi connectivity index (χ1) is 12.9. The van der Waals surface area contributed by atoms with Gasteiger partial charge >= 0.3 is 5.97 Å². The quantitative estimate of drug-likeness (QED) is 0.691. The highest BCUT2D eigenvalue weighted by Gasteiger charge is 2.78. The normalized spacial score (nSPS) is 49.3. The van der Waals surface area contributed by atoms with Crippen LogP contribution < -0.4 is 0 Å². The van der Waals surface area contributed by atoms with Crippen molar-refractivity contribution >= 4 is 11.8 Å². The third kappa shape index (κ3) is 2.28. The van der Waals surface area contributed by atoms with Gasteiger partial charge in [-0.15, -0.1) is 0 Å². The van der Waals surface area contributed by atoms with E-state index >= 15 is 0 Å². The molecule has 6 nitrogen and oxygen atoms in total. The number of hydrogen-bond donors (Lipinski definition) is 1. The first-order valence-electron chi connectivity index (χ1n) is 10.3. The zero-order valence-electron chi connectivity index (χ0n) is 17.5. The number of rotatable bonds is 1. The number of aliphatic hydroxyl groups is 1. The number of Topliss-reactive ketones (excluding diaryl/α,β-unsaturated/α-hetero) is 1. The number of carbonyl (C=O) groups is 2. The van der Waals surface area contributed by atoms with Crippen molar-refractivity contribution < 1.29 is 28.9 Å². The van der Waals surface area contributed by atoms with Crippen molar-refractivity contribution in [2.75, 3.05) is 6.61 Å². The van der Waals surface area contributed by atoms with E-state index in [9.17, 15) is 14.7 Å². The molecule has 0 bridgehead atoms. The molecule has 0 aromatic heterocycles. The van der Waals surface area contributed by atoms with Crippen molar-refractivity contribution in [2.45, 2.75) is 89.6 Å². The summed E-state index contributed by atoms with van der Waals surface area (Å²) < 4.78 is 18.1. The number of fused-ring (bicyclic) bond motifs is 2. The van der Waals surface area contributed by atoms with Crippen LogP contribution in [-0.4, -0.2) is 46.4 Å². The predicted octanol–water partition coefficient (Wildman–Crippen LogP) is 2.92. The molecular formula is C22H32O6. The molecule has 0 unspecified atom stereocenters. The molecule has 6 atom stereocenters. The van der Waals surface area contributed by atoms with Crippen LogP contribution in [0.1, 0.15) is 66.7 Å². The Balaban J connectivity index is 1.92. The summed E-state index contributed by atoms with van der Waals surface area (Å²) in [6, 6.07) is 0. The maximum atomic E-state index is 13.5. The van der Waals surface area contributed by atoms with E-state index in [-0.39, 0.29) is 17.1 Å². The molecule has 0 aromatic rings. The van der Waals surface area contributed by atoms with E-state index in [4.69, 9.17) is 14.2 Å². The van der Waals surface area contributed by atoms with Crippen LogP contribution in [0, 0.1) is 16.7 Å². The smallest absolute Gasteiger partial charge is 0.303 e. The van der Waals surface area contributed by atoms with Crippen molar-refractivity contribution in [3.05, 3.63) is 12.3 Å². The fourth-order valence-electron chi connectivity index (χ4n) is 7.07. The van der Waals surface area contributed by atoms with Gasteiger partial charge in [0.1, 0.15) is 17.8 Å². The number of aliphatic hydroxyl groups excluding tert-OH is 1. The molecule has 2 heterocycles. The Morgan fingerprint density at radius 1 is 1.18 bits per heavy atom.